The number of nitrogens with zero attached hydrogens (tertiary/aromatic N) is 1. The van der Waals surface area contributed by atoms with Crippen molar-refractivity contribution in [3.63, 3.8) is 0 Å². The maximum absolute atomic E-state index is 12.8. The van der Waals surface area contributed by atoms with Gasteiger partial charge in [0.1, 0.15) is 13.2 Å². The standard InChI is InChI=1S/C54H111N2O6P/c1-6-8-10-12-14-16-17-18-19-20-21-22-23-24-25-26-27-28-29-30-31-32-33-34-35-36-37-38-39-40-41-43-45-47-53(57)52(51-62-63(59,60)61-50-49-56(3,4)5)55-54(58)48-46-44-42-15-13-11-9-7-2/h52-53,57H,6-51H2,1-5H3,(H-,55,58,59,60). The first-order chi connectivity index (χ1) is 30.5. The van der Waals surface area contributed by atoms with Gasteiger partial charge in [-0.3, -0.25) is 9.36 Å². The molecule has 0 aliphatic rings. The summed E-state index contributed by atoms with van der Waals surface area (Å²) >= 11 is 0. The molecule has 378 valence electrons. The molecule has 0 saturated carbocycles. The van der Waals surface area contributed by atoms with Crippen molar-refractivity contribution in [3.05, 3.63) is 0 Å². The van der Waals surface area contributed by atoms with Crippen molar-refractivity contribution in [1.29, 1.82) is 0 Å². The number of amides is 1. The van der Waals surface area contributed by atoms with Gasteiger partial charge in [0, 0.05) is 6.42 Å². The minimum atomic E-state index is -4.56. The second-order valence-electron chi connectivity index (χ2n) is 20.7. The number of nitrogens with one attached hydrogen (secondary N) is 1. The van der Waals surface area contributed by atoms with Crippen molar-refractivity contribution in [1.82, 2.24) is 5.32 Å². The van der Waals surface area contributed by atoms with Gasteiger partial charge in [0.2, 0.25) is 5.91 Å². The molecule has 3 atom stereocenters. The van der Waals surface area contributed by atoms with Crippen LogP contribution in [0.15, 0.2) is 0 Å². The molecule has 0 heterocycles. The number of aliphatic hydroxyl groups is 1. The van der Waals surface area contributed by atoms with Gasteiger partial charge in [-0.25, -0.2) is 0 Å². The van der Waals surface area contributed by atoms with Crippen molar-refractivity contribution in [2.45, 2.75) is 302 Å². The van der Waals surface area contributed by atoms with Crippen LogP contribution in [-0.4, -0.2) is 68.5 Å². The molecule has 63 heavy (non-hydrogen) atoms. The quantitative estimate of drug-likeness (QED) is 0.0357. The van der Waals surface area contributed by atoms with Crippen LogP contribution in [0.5, 0.6) is 0 Å². The Morgan fingerprint density at radius 1 is 0.492 bits per heavy atom. The van der Waals surface area contributed by atoms with E-state index in [0.29, 0.717) is 23.9 Å². The lowest BCUT2D eigenvalue weighted by molar-refractivity contribution is -0.870. The molecule has 2 N–H and O–H groups in total. The normalized spacial score (nSPS) is 14.0. The van der Waals surface area contributed by atoms with Crippen LogP contribution < -0.4 is 10.2 Å². The van der Waals surface area contributed by atoms with E-state index in [1.165, 1.54) is 225 Å². The Hall–Kier alpha value is -0.500. The van der Waals surface area contributed by atoms with Crippen LogP contribution in [-0.2, 0) is 18.4 Å². The molecule has 3 unspecified atom stereocenters. The Bertz CT molecular complexity index is 994. The predicted molar refractivity (Wildman–Crippen MR) is 270 cm³/mol. The van der Waals surface area contributed by atoms with Crippen LogP contribution in [0.2, 0.25) is 0 Å². The van der Waals surface area contributed by atoms with E-state index in [1.54, 1.807) is 0 Å². The maximum atomic E-state index is 12.8. The Balaban J connectivity index is 3.84. The highest BCUT2D eigenvalue weighted by Gasteiger charge is 2.24. The molecule has 0 aliphatic heterocycles. The maximum Gasteiger partial charge on any atom is 0.268 e. The Labute approximate surface area is 393 Å². The number of phosphoric acid groups is 1. The fraction of sp³-hybridized carbons (Fsp3) is 0.981. The summed E-state index contributed by atoms with van der Waals surface area (Å²) in [5, 5.41) is 13.9. The first-order valence-corrected chi connectivity index (χ1v) is 29.3. The molecule has 1 amide bonds. The van der Waals surface area contributed by atoms with E-state index >= 15 is 0 Å². The van der Waals surface area contributed by atoms with Gasteiger partial charge < -0.3 is 28.8 Å². The van der Waals surface area contributed by atoms with E-state index in [1.807, 2.05) is 21.1 Å². The van der Waals surface area contributed by atoms with E-state index < -0.39 is 20.0 Å². The van der Waals surface area contributed by atoms with Crippen LogP contribution >= 0.6 is 7.82 Å². The molecule has 0 aromatic rings. The minimum absolute atomic E-state index is 0.0159. The van der Waals surface area contributed by atoms with Crippen molar-refractivity contribution in [3.8, 4) is 0 Å². The summed E-state index contributed by atoms with van der Waals surface area (Å²) in [5.74, 6) is -0.165. The average molecular weight is 915 g/mol. The summed E-state index contributed by atoms with van der Waals surface area (Å²) in [6, 6.07) is -0.792. The van der Waals surface area contributed by atoms with Crippen LogP contribution in [0.4, 0.5) is 0 Å². The molecule has 0 fully saturated rings. The lowest BCUT2D eigenvalue weighted by atomic mass is 10.0. The lowest BCUT2D eigenvalue weighted by Crippen LogP contribution is -2.46. The highest BCUT2D eigenvalue weighted by Crippen LogP contribution is 2.38. The summed E-state index contributed by atoms with van der Waals surface area (Å²) < 4.78 is 23.3. The first kappa shape index (κ1) is 62.5. The topological polar surface area (TPSA) is 108 Å². The lowest BCUT2D eigenvalue weighted by Gasteiger charge is -2.30. The molecule has 8 nitrogen and oxygen atoms in total. The molecule has 0 aromatic heterocycles. The van der Waals surface area contributed by atoms with Gasteiger partial charge in [-0.1, -0.05) is 271 Å². The first-order valence-electron chi connectivity index (χ1n) is 27.9. The van der Waals surface area contributed by atoms with Crippen LogP contribution in [0, 0.1) is 0 Å². The van der Waals surface area contributed by atoms with Crippen molar-refractivity contribution < 1.29 is 32.9 Å². The molecule has 0 rings (SSSR count). The van der Waals surface area contributed by atoms with Gasteiger partial charge in [-0.15, -0.1) is 0 Å². The van der Waals surface area contributed by atoms with Crippen molar-refractivity contribution in [2.75, 3.05) is 40.9 Å². The van der Waals surface area contributed by atoms with E-state index in [4.69, 9.17) is 9.05 Å². The monoisotopic (exact) mass is 915 g/mol. The molecule has 0 aliphatic carbocycles. The second kappa shape index (κ2) is 46.6. The number of aliphatic hydroxyl groups excluding tert-OH is 1. The summed E-state index contributed by atoms with van der Waals surface area (Å²) in [7, 11) is 1.32. The molecule has 0 bridgehead atoms. The summed E-state index contributed by atoms with van der Waals surface area (Å²) in [6.07, 6.45) is 54.6. The highest BCUT2D eigenvalue weighted by atomic mass is 31.2. The largest absolute Gasteiger partial charge is 0.756 e. The van der Waals surface area contributed by atoms with Gasteiger partial charge >= 0.3 is 0 Å². The molecular weight excluding hydrogens is 804 g/mol. The summed E-state index contributed by atoms with van der Waals surface area (Å²) in [6.45, 7) is 4.72. The second-order valence-corrected chi connectivity index (χ2v) is 22.1. The van der Waals surface area contributed by atoms with Crippen LogP contribution in [0.3, 0.4) is 0 Å². The molecule has 0 spiro atoms. The summed E-state index contributed by atoms with van der Waals surface area (Å²) in [5.41, 5.74) is 0. The molecule has 9 heteroatoms. The van der Waals surface area contributed by atoms with Gasteiger partial charge in [0.15, 0.2) is 0 Å². The zero-order chi connectivity index (χ0) is 46.4. The van der Waals surface area contributed by atoms with E-state index in [2.05, 4.69) is 19.2 Å². The third-order valence-electron chi connectivity index (χ3n) is 13.1. The van der Waals surface area contributed by atoms with Gasteiger partial charge in [-0.05, 0) is 12.8 Å². The number of carbonyl (C=O) groups is 1. The molecule has 0 aromatic carbocycles. The van der Waals surface area contributed by atoms with Gasteiger partial charge in [0.05, 0.1) is 39.9 Å². The van der Waals surface area contributed by atoms with E-state index in [-0.39, 0.29) is 19.1 Å². The molecule has 0 radical (unpaired) electrons. The Morgan fingerprint density at radius 2 is 0.778 bits per heavy atom. The zero-order valence-corrected chi connectivity index (χ0v) is 44.0. The van der Waals surface area contributed by atoms with E-state index in [0.717, 1.165) is 38.5 Å². The average Bonchev–Trinajstić information content (AvgIpc) is 3.24. The fourth-order valence-electron chi connectivity index (χ4n) is 8.69. The van der Waals surface area contributed by atoms with Gasteiger partial charge in [-0.2, -0.15) is 0 Å². The van der Waals surface area contributed by atoms with E-state index in [9.17, 15) is 19.4 Å². The Kier molecular flexibility index (Phi) is 46.2. The van der Waals surface area contributed by atoms with Gasteiger partial charge in [0.25, 0.3) is 7.82 Å². The third kappa shape index (κ3) is 49.2. The number of phosphoric ester groups is 1. The number of hydrogen-bond donors (Lipinski definition) is 2. The van der Waals surface area contributed by atoms with Crippen molar-refractivity contribution in [2.24, 2.45) is 0 Å². The minimum Gasteiger partial charge on any atom is -0.756 e. The van der Waals surface area contributed by atoms with Crippen LogP contribution in [0.25, 0.3) is 0 Å². The SMILES string of the molecule is CCCCCCCCCCCCCCCCCCCCCCCCCCCCCCCCCCCC(O)C(COP(=O)([O-])OCC[N+](C)(C)C)NC(=O)CCCCCCCCCC. The number of carbonyl (C=O) groups excluding carboxylic acids is 1. The van der Waals surface area contributed by atoms with Crippen molar-refractivity contribution >= 4 is 13.7 Å². The fourth-order valence-corrected chi connectivity index (χ4v) is 9.41. The predicted octanol–water partition coefficient (Wildman–Crippen LogP) is 15.9. The smallest absolute Gasteiger partial charge is 0.268 e. The van der Waals surface area contributed by atoms with Crippen LogP contribution in [0.1, 0.15) is 290 Å². The number of unbranched alkanes of at least 4 members (excludes halogenated alkanes) is 39. The highest BCUT2D eigenvalue weighted by molar-refractivity contribution is 7.45. The zero-order valence-electron chi connectivity index (χ0n) is 43.1. The number of hydrogen-bond acceptors (Lipinski definition) is 6. The number of rotatable bonds is 52. The number of quaternary nitrogens is 1. The molecule has 0 saturated heterocycles. The summed E-state index contributed by atoms with van der Waals surface area (Å²) in [4.78, 5) is 25.3. The number of likely N-dealkylation sites (N-methyl/N-ethyl adjacent to an activating group) is 1. The Morgan fingerprint density at radius 3 is 1.08 bits per heavy atom. The molecular formula is C54H111N2O6P. The third-order valence-corrected chi connectivity index (χ3v) is 14.1.